The molecule has 1 unspecified atom stereocenters. The highest BCUT2D eigenvalue weighted by atomic mass is 16.5. The molecular weight excluding hydrogens is 206 g/mol. The second kappa shape index (κ2) is 5.30. The molecule has 16 heavy (non-hydrogen) atoms. The molecule has 0 aromatic heterocycles. The summed E-state index contributed by atoms with van der Waals surface area (Å²) in [6.07, 6.45) is -0.0791. The van der Waals surface area contributed by atoms with E-state index in [1.165, 1.54) is 6.07 Å². The van der Waals surface area contributed by atoms with Gasteiger partial charge in [0.25, 0.3) is 0 Å². The largest absolute Gasteiger partial charge is 0.483 e. The molecule has 0 spiro atoms. The minimum atomic E-state index is -0.514. The maximum absolute atomic E-state index is 11.3. The summed E-state index contributed by atoms with van der Waals surface area (Å²) in [5, 5.41) is 0. The van der Waals surface area contributed by atoms with Crippen molar-refractivity contribution in [1.82, 2.24) is 0 Å². The number of primary amides is 1. The number of benzene rings is 1. The maximum atomic E-state index is 11.3. The minimum absolute atomic E-state index is 0.0180. The molecule has 4 nitrogen and oxygen atoms in total. The van der Waals surface area contributed by atoms with Crippen LogP contribution in [0.4, 0.5) is 0 Å². The Morgan fingerprint density at radius 1 is 1.44 bits per heavy atom. The third-order valence-corrected chi connectivity index (χ3v) is 2.23. The van der Waals surface area contributed by atoms with Crippen molar-refractivity contribution in [2.24, 2.45) is 5.73 Å². The van der Waals surface area contributed by atoms with Crippen LogP contribution in [0.25, 0.3) is 0 Å². The van der Waals surface area contributed by atoms with Crippen molar-refractivity contribution < 1.29 is 14.3 Å². The van der Waals surface area contributed by atoms with Crippen molar-refractivity contribution in [3.63, 3.8) is 0 Å². The van der Waals surface area contributed by atoms with Gasteiger partial charge in [-0.15, -0.1) is 0 Å². The monoisotopic (exact) mass is 221 g/mol. The van der Waals surface area contributed by atoms with Crippen molar-refractivity contribution in [2.75, 3.05) is 0 Å². The molecule has 0 fully saturated rings. The van der Waals surface area contributed by atoms with Gasteiger partial charge >= 0.3 is 0 Å². The van der Waals surface area contributed by atoms with Crippen LogP contribution in [0.15, 0.2) is 24.3 Å². The van der Waals surface area contributed by atoms with E-state index in [-0.39, 0.29) is 5.78 Å². The van der Waals surface area contributed by atoms with Gasteiger partial charge in [0.15, 0.2) is 11.9 Å². The van der Waals surface area contributed by atoms with E-state index in [1.54, 1.807) is 32.0 Å². The Balaban J connectivity index is 2.78. The van der Waals surface area contributed by atoms with Gasteiger partial charge in [0.2, 0.25) is 5.91 Å². The van der Waals surface area contributed by atoms with Crippen LogP contribution in [0.1, 0.15) is 30.6 Å². The lowest BCUT2D eigenvalue weighted by Crippen LogP contribution is -2.23. The van der Waals surface area contributed by atoms with Gasteiger partial charge in [-0.25, -0.2) is 0 Å². The zero-order valence-electron chi connectivity index (χ0n) is 9.40. The topological polar surface area (TPSA) is 69.4 Å². The first kappa shape index (κ1) is 12.2. The Hall–Kier alpha value is -1.84. The Morgan fingerprint density at radius 3 is 2.69 bits per heavy atom. The van der Waals surface area contributed by atoms with E-state index in [0.717, 1.165) is 0 Å². The van der Waals surface area contributed by atoms with Crippen LogP contribution < -0.4 is 10.5 Å². The summed E-state index contributed by atoms with van der Waals surface area (Å²) in [7, 11) is 0. The zero-order chi connectivity index (χ0) is 12.1. The molecule has 1 amide bonds. The van der Waals surface area contributed by atoms with Gasteiger partial charge in [-0.1, -0.05) is 13.0 Å². The van der Waals surface area contributed by atoms with E-state index in [4.69, 9.17) is 10.5 Å². The predicted molar refractivity (Wildman–Crippen MR) is 60.3 cm³/mol. The lowest BCUT2D eigenvalue weighted by atomic mass is 10.2. The van der Waals surface area contributed by atoms with E-state index in [1.807, 2.05) is 0 Å². The normalized spacial score (nSPS) is 11.9. The highest BCUT2D eigenvalue weighted by Gasteiger charge is 2.12. The molecule has 2 N–H and O–H groups in total. The van der Waals surface area contributed by atoms with Crippen molar-refractivity contribution in [1.29, 1.82) is 0 Å². The molecule has 0 saturated carbocycles. The molecular formula is C12H15NO3. The fourth-order valence-corrected chi connectivity index (χ4v) is 1.28. The van der Waals surface area contributed by atoms with Gasteiger partial charge in [0.1, 0.15) is 5.75 Å². The number of carbonyl (C=O) groups is 2. The molecule has 0 saturated heterocycles. The fourth-order valence-electron chi connectivity index (χ4n) is 1.28. The Labute approximate surface area is 94.4 Å². The summed E-state index contributed by atoms with van der Waals surface area (Å²) < 4.78 is 5.40. The van der Waals surface area contributed by atoms with Crippen LogP contribution in [0, 0.1) is 0 Å². The number of amides is 1. The number of nitrogens with two attached hydrogens (primary N) is 1. The second-order valence-electron chi connectivity index (χ2n) is 3.47. The van der Waals surface area contributed by atoms with Crippen LogP contribution in [0.3, 0.4) is 0 Å². The van der Waals surface area contributed by atoms with Gasteiger partial charge < -0.3 is 10.5 Å². The Morgan fingerprint density at radius 2 is 2.12 bits per heavy atom. The smallest absolute Gasteiger partial charge is 0.248 e. The molecule has 4 heteroatoms. The first-order valence-corrected chi connectivity index (χ1v) is 5.13. The molecule has 0 radical (unpaired) electrons. The fraction of sp³-hybridized carbons (Fsp3) is 0.333. The van der Waals surface area contributed by atoms with Gasteiger partial charge in [-0.05, 0) is 25.1 Å². The van der Waals surface area contributed by atoms with Gasteiger partial charge in [0.05, 0.1) is 0 Å². The first-order valence-electron chi connectivity index (χ1n) is 5.13. The molecule has 0 aliphatic heterocycles. The van der Waals surface area contributed by atoms with Crippen molar-refractivity contribution >= 4 is 11.7 Å². The third-order valence-electron chi connectivity index (χ3n) is 2.23. The number of carbonyl (C=O) groups excluding carboxylic acids is 2. The molecule has 0 bridgehead atoms. The van der Waals surface area contributed by atoms with E-state index >= 15 is 0 Å². The van der Waals surface area contributed by atoms with Crippen molar-refractivity contribution in [3.05, 3.63) is 29.8 Å². The quantitative estimate of drug-likeness (QED) is 0.819. The Kier molecular flexibility index (Phi) is 4.05. The minimum Gasteiger partial charge on any atom is -0.483 e. The molecule has 1 aromatic rings. The number of hydrogen-bond acceptors (Lipinski definition) is 3. The SMILES string of the molecule is CCC(=O)C(C)Oc1cccc(C(N)=O)c1. The van der Waals surface area contributed by atoms with Crippen LogP contribution >= 0.6 is 0 Å². The highest BCUT2D eigenvalue weighted by molar-refractivity contribution is 5.93. The van der Waals surface area contributed by atoms with E-state index in [0.29, 0.717) is 17.7 Å². The average Bonchev–Trinajstić information content (AvgIpc) is 2.28. The van der Waals surface area contributed by atoms with Gasteiger partial charge in [-0.3, -0.25) is 9.59 Å². The summed E-state index contributed by atoms with van der Waals surface area (Å²) in [6.45, 7) is 3.46. The van der Waals surface area contributed by atoms with E-state index < -0.39 is 12.0 Å². The Bertz CT molecular complexity index is 401. The van der Waals surface area contributed by atoms with Crippen LogP contribution in [0.2, 0.25) is 0 Å². The number of rotatable bonds is 5. The van der Waals surface area contributed by atoms with Crippen LogP contribution in [-0.4, -0.2) is 17.8 Å². The first-order chi connectivity index (χ1) is 7.54. The summed E-state index contributed by atoms with van der Waals surface area (Å²) >= 11 is 0. The summed E-state index contributed by atoms with van der Waals surface area (Å²) in [6, 6.07) is 6.48. The standard InChI is InChI=1S/C12H15NO3/c1-3-11(14)8(2)16-10-6-4-5-9(7-10)12(13)15/h4-8H,3H2,1-2H3,(H2,13,15). The zero-order valence-corrected chi connectivity index (χ0v) is 9.40. The molecule has 1 rings (SSSR count). The predicted octanol–water partition coefficient (Wildman–Crippen LogP) is 1.53. The lowest BCUT2D eigenvalue weighted by molar-refractivity contribution is -0.124. The lowest BCUT2D eigenvalue weighted by Gasteiger charge is -2.12. The third kappa shape index (κ3) is 3.08. The number of ketones is 1. The summed E-state index contributed by atoms with van der Waals surface area (Å²) in [4.78, 5) is 22.2. The number of Topliss-reactive ketones (excluding diaryl/α,β-unsaturated/α-hetero) is 1. The second-order valence-corrected chi connectivity index (χ2v) is 3.47. The molecule has 0 heterocycles. The summed E-state index contributed by atoms with van der Waals surface area (Å²) in [5.74, 6) is -0.0185. The van der Waals surface area contributed by atoms with Gasteiger partial charge in [0, 0.05) is 12.0 Å². The maximum Gasteiger partial charge on any atom is 0.248 e. The van der Waals surface area contributed by atoms with Crippen LogP contribution in [-0.2, 0) is 4.79 Å². The highest BCUT2D eigenvalue weighted by Crippen LogP contribution is 2.15. The average molecular weight is 221 g/mol. The van der Waals surface area contributed by atoms with E-state index in [2.05, 4.69) is 0 Å². The molecule has 1 atom stereocenters. The molecule has 1 aromatic carbocycles. The number of ether oxygens (including phenoxy) is 1. The molecule has 0 aliphatic carbocycles. The van der Waals surface area contributed by atoms with E-state index in [9.17, 15) is 9.59 Å². The van der Waals surface area contributed by atoms with Gasteiger partial charge in [-0.2, -0.15) is 0 Å². The van der Waals surface area contributed by atoms with Crippen molar-refractivity contribution in [3.8, 4) is 5.75 Å². The molecule has 86 valence electrons. The van der Waals surface area contributed by atoms with Crippen molar-refractivity contribution in [2.45, 2.75) is 26.4 Å². The summed E-state index contributed by atoms with van der Waals surface area (Å²) in [5.41, 5.74) is 5.51. The molecule has 0 aliphatic rings. The van der Waals surface area contributed by atoms with Crippen LogP contribution in [0.5, 0.6) is 5.75 Å². The number of hydrogen-bond donors (Lipinski definition) is 1.